The molecule has 0 aliphatic rings. The van der Waals surface area contributed by atoms with E-state index in [0.717, 1.165) is 0 Å². The van der Waals surface area contributed by atoms with Crippen LogP contribution in [0.25, 0.3) is 0 Å². The van der Waals surface area contributed by atoms with Gasteiger partial charge < -0.3 is 15.4 Å². The lowest BCUT2D eigenvalue weighted by Gasteiger charge is -2.14. The highest BCUT2D eigenvalue weighted by molar-refractivity contribution is 5.97. The third-order valence-electron chi connectivity index (χ3n) is 2.86. The van der Waals surface area contributed by atoms with Crippen LogP contribution in [0.4, 0.5) is 5.69 Å². The van der Waals surface area contributed by atoms with Crippen LogP contribution in [-0.4, -0.2) is 42.2 Å². The van der Waals surface area contributed by atoms with E-state index in [-0.39, 0.29) is 17.9 Å². The summed E-state index contributed by atoms with van der Waals surface area (Å²) in [6.07, 6.45) is 1.63. The number of carbonyl (C=O) groups is 1. The molecule has 1 unspecified atom stereocenters. The van der Waals surface area contributed by atoms with Crippen LogP contribution in [0.15, 0.2) is 6.20 Å². The number of nitrogens with zero attached hydrogens (tertiary/aromatic N) is 2. The molecule has 1 amide bonds. The molecule has 1 heterocycles. The van der Waals surface area contributed by atoms with Crippen LogP contribution in [0, 0.1) is 0 Å². The van der Waals surface area contributed by atoms with Crippen molar-refractivity contribution in [2.24, 2.45) is 0 Å². The Morgan fingerprint density at radius 3 is 2.65 bits per heavy atom. The van der Waals surface area contributed by atoms with Gasteiger partial charge in [-0.05, 0) is 13.8 Å². The number of amides is 1. The van der Waals surface area contributed by atoms with Gasteiger partial charge in [0.05, 0.1) is 18.0 Å². The predicted molar refractivity (Wildman–Crippen MR) is 79.1 cm³/mol. The zero-order valence-electron chi connectivity index (χ0n) is 12.9. The van der Waals surface area contributed by atoms with Crippen LogP contribution in [-0.2, 0) is 4.74 Å². The quantitative estimate of drug-likeness (QED) is 0.796. The van der Waals surface area contributed by atoms with Crippen molar-refractivity contribution in [1.82, 2.24) is 15.3 Å². The summed E-state index contributed by atoms with van der Waals surface area (Å²) in [4.78, 5) is 20.9. The largest absolute Gasteiger partial charge is 0.382 e. The van der Waals surface area contributed by atoms with E-state index in [9.17, 15) is 4.79 Å². The Bertz CT molecular complexity index is 449. The van der Waals surface area contributed by atoms with Gasteiger partial charge in [-0.3, -0.25) is 4.79 Å². The Labute approximate surface area is 120 Å². The van der Waals surface area contributed by atoms with Crippen molar-refractivity contribution >= 4 is 11.6 Å². The van der Waals surface area contributed by atoms with Crippen molar-refractivity contribution < 1.29 is 9.53 Å². The number of nitrogens with one attached hydrogen (secondary N) is 2. The number of methoxy groups -OCH3 is 1. The second-order valence-electron chi connectivity index (χ2n) is 4.93. The molecule has 1 atom stereocenters. The molecular weight excluding hydrogens is 256 g/mol. The lowest BCUT2D eigenvalue weighted by atomic mass is 10.2. The lowest BCUT2D eigenvalue weighted by Crippen LogP contribution is -2.33. The summed E-state index contributed by atoms with van der Waals surface area (Å²) in [5.41, 5.74) is 1.04. The average Bonchev–Trinajstić information content (AvgIpc) is 2.44. The van der Waals surface area contributed by atoms with Gasteiger partial charge in [-0.25, -0.2) is 9.97 Å². The fraction of sp³-hybridized carbons (Fsp3) is 0.643. The molecule has 0 aliphatic carbocycles. The SMILES string of the molecule is CCNc1cnc(C(C)C)nc1C(=O)NCC(C)OC. The number of carbonyl (C=O) groups excluding carboxylic acids is 1. The molecule has 0 fully saturated rings. The average molecular weight is 280 g/mol. The lowest BCUT2D eigenvalue weighted by molar-refractivity contribution is 0.0866. The van der Waals surface area contributed by atoms with Gasteiger partial charge in [-0.2, -0.15) is 0 Å². The van der Waals surface area contributed by atoms with Crippen LogP contribution in [0.1, 0.15) is 49.9 Å². The number of rotatable bonds is 7. The normalized spacial score (nSPS) is 12.3. The minimum Gasteiger partial charge on any atom is -0.382 e. The zero-order chi connectivity index (χ0) is 15.1. The van der Waals surface area contributed by atoms with Gasteiger partial charge in [0, 0.05) is 26.1 Å². The maximum absolute atomic E-state index is 12.2. The number of anilines is 1. The van der Waals surface area contributed by atoms with E-state index >= 15 is 0 Å². The molecule has 20 heavy (non-hydrogen) atoms. The van der Waals surface area contributed by atoms with Gasteiger partial charge >= 0.3 is 0 Å². The topological polar surface area (TPSA) is 76.1 Å². The first-order valence-corrected chi connectivity index (χ1v) is 6.91. The molecule has 112 valence electrons. The molecule has 1 rings (SSSR count). The Morgan fingerprint density at radius 1 is 1.40 bits per heavy atom. The molecule has 0 radical (unpaired) electrons. The molecule has 1 aromatic rings. The summed E-state index contributed by atoms with van der Waals surface area (Å²) < 4.78 is 5.11. The summed E-state index contributed by atoms with van der Waals surface area (Å²) >= 11 is 0. The third kappa shape index (κ3) is 4.45. The molecule has 0 aromatic carbocycles. The summed E-state index contributed by atoms with van der Waals surface area (Å²) in [5, 5.41) is 5.93. The summed E-state index contributed by atoms with van der Waals surface area (Å²) in [7, 11) is 1.61. The van der Waals surface area contributed by atoms with E-state index in [1.165, 1.54) is 0 Å². The maximum Gasteiger partial charge on any atom is 0.272 e. The Morgan fingerprint density at radius 2 is 2.10 bits per heavy atom. The molecule has 0 aliphatic heterocycles. The highest BCUT2D eigenvalue weighted by Crippen LogP contribution is 2.16. The van der Waals surface area contributed by atoms with Crippen molar-refractivity contribution in [3.8, 4) is 0 Å². The van der Waals surface area contributed by atoms with Crippen molar-refractivity contribution in [2.75, 3.05) is 25.5 Å². The van der Waals surface area contributed by atoms with Gasteiger partial charge in [0.2, 0.25) is 0 Å². The number of hydrogen-bond acceptors (Lipinski definition) is 5. The van der Waals surface area contributed by atoms with Crippen LogP contribution in [0.3, 0.4) is 0 Å². The van der Waals surface area contributed by atoms with E-state index in [0.29, 0.717) is 30.3 Å². The second-order valence-corrected chi connectivity index (χ2v) is 4.93. The van der Waals surface area contributed by atoms with Crippen molar-refractivity contribution in [3.05, 3.63) is 17.7 Å². The Balaban J connectivity index is 2.93. The maximum atomic E-state index is 12.2. The van der Waals surface area contributed by atoms with Gasteiger partial charge in [0.15, 0.2) is 5.69 Å². The molecule has 0 bridgehead atoms. The van der Waals surface area contributed by atoms with E-state index in [2.05, 4.69) is 20.6 Å². The fourth-order valence-corrected chi connectivity index (χ4v) is 1.57. The zero-order valence-corrected chi connectivity index (χ0v) is 12.9. The fourth-order valence-electron chi connectivity index (χ4n) is 1.57. The minimum atomic E-state index is -0.214. The van der Waals surface area contributed by atoms with Crippen molar-refractivity contribution in [3.63, 3.8) is 0 Å². The van der Waals surface area contributed by atoms with Crippen LogP contribution in [0.2, 0.25) is 0 Å². The van der Waals surface area contributed by atoms with Gasteiger partial charge in [0.25, 0.3) is 5.91 Å². The van der Waals surface area contributed by atoms with E-state index < -0.39 is 0 Å². The first kappa shape index (κ1) is 16.4. The van der Waals surface area contributed by atoms with Crippen molar-refractivity contribution in [2.45, 2.75) is 39.7 Å². The summed E-state index contributed by atoms with van der Waals surface area (Å²) in [6.45, 7) is 9.00. The smallest absolute Gasteiger partial charge is 0.272 e. The molecule has 6 nitrogen and oxygen atoms in total. The first-order valence-electron chi connectivity index (χ1n) is 6.91. The van der Waals surface area contributed by atoms with Gasteiger partial charge in [0.1, 0.15) is 5.82 Å². The molecule has 0 saturated carbocycles. The summed E-state index contributed by atoms with van der Waals surface area (Å²) in [5.74, 6) is 0.626. The summed E-state index contributed by atoms with van der Waals surface area (Å²) in [6, 6.07) is 0. The molecule has 1 aromatic heterocycles. The van der Waals surface area contributed by atoms with Crippen LogP contribution >= 0.6 is 0 Å². The third-order valence-corrected chi connectivity index (χ3v) is 2.86. The first-order chi connectivity index (χ1) is 9.49. The monoisotopic (exact) mass is 280 g/mol. The standard InChI is InChI=1S/C14H24N4O2/c1-6-15-11-8-16-13(9(2)3)18-12(11)14(19)17-7-10(4)20-5/h8-10,15H,6-7H2,1-5H3,(H,17,19). The molecule has 0 saturated heterocycles. The predicted octanol–water partition coefficient (Wildman–Crippen LogP) is 1.80. The molecule has 6 heteroatoms. The van der Waals surface area contributed by atoms with E-state index in [1.54, 1.807) is 13.3 Å². The molecule has 2 N–H and O–H groups in total. The molecule has 0 spiro atoms. The molecular formula is C14H24N4O2. The van der Waals surface area contributed by atoms with E-state index in [4.69, 9.17) is 4.74 Å². The number of ether oxygens (including phenoxy) is 1. The Hall–Kier alpha value is -1.69. The van der Waals surface area contributed by atoms with Crippen molar-refractivity contribution in [1.29, 1.82) is 0 Å². The van der Waals surface area contributed by atoms with E-state index in [1.807, 2.05) is 27.7 Å². The minimum absolute atomic E-state index is 0.0343. The Kier molecular flexibility index (Phi) is 6.38. The van der Waals surface area contributed by atoms with Gasteiger partial charge in [-0.1, -0.05) is 13.8 Å². The number of aromatic nitrogens is 2. The number of hydrogen-bond donors (Lipinski definition) is 2. The highest BCUT2D eigenvalue weighted by atomic mass is 16.5. The van der Waals surface area contributed by atoms with Crippen LogP contribution in [0.5, 0.6) is 0 Å². The highest BCUT2D eigenvalue weighted by Gasteiger charge is 2.16. The van der Waals surface area contributed by atoms with Crippen LogP contribution < -0.4 is 10.6 Å². The van der Waals surface area contributed by atoms with Gasteiger partial charge in [-0.15, -0.1) is 0 Å². The second kappa shape index (κ2) is 7.79.